The molecule has 7 heteroatoms. The van der Waals surface area contributed by atoms with Crippen molar-refractivity contribution in [3.8, 4) is 0 Å². The van der Waals surface area contributed by atoms with E-state index in [-0.39, 0.29) is 24.1 Å². The van der Waals surface area contributed by atoms with Crippen LogP contribution in [0.3, 0.4) is 0 Å². The van der Waals surface area contributed by atoms with Crippen molar-refractivity contribution in [3.63, 3.8) is 0 Å². The zero-order valence-corrected chi connectivity index (χ0v) is 17.6. The number of imidazole rings is 1. The van der Waals surface area contributed by atoms with Gasteiger partial charge in [-0.1, -0.05) is 37.7 Å². The molecule has 1 aromatic carbocycles. The molecule has 0 atom stereocenters. The molecule has 2 aromatic heterocycles. The van der Waals surface area contributed by atoms with E-state index >= 15 is 0 Å². The van der Waals surface area contributed by atoms with Gasteiger partial charge in [0, 0.05) is 17.5 Å². The van der Waals surface area contributed by atoms with Crippen molar-refractivity contribution in [2.75, 3.05) is 7.11 Å². The van der Waals surface area contributed by atoms with Gasteiger partial charge in [-0.25, -0.2) is 9.37 Å². The van der Waals surface area contributed by atoms with Crippen molar-refractivity contribution in [1.29, 1.82) is 0 Å². The summed E-state index contributed by atoms with van der Waals surface area (Å²) in [5, 5.41) is 0.941. The normalized spacial score (nSPS) is 11.1. The van der Waals surface area contributed by atoms with Crippen LogP contribution in [0, 0.1) is 5.82 Å². The van der Waals surface area contributed by atoms with E-state index in [0.717, 1.165) is 27.1 Å². The molecule has 0 saturated carbocycles. The van der Waals surface area contributed by atoms with E-state index in [4.69, 9.17) is 9.72 Å². The lowest BCUT2D eigenvalue weighted by Gasteiger charge is -2.13. The summed E-state index contributed by atoms with van der Waals surface area (Å²) in [5.41, 5.74) is 1.82. The van der Waals surface area contributed by atoms with E-state index < -0.39 is 0 Å². The van der Waals surface area contributed by atoms with E-state index in [1.807, 2.05) is 24.3 Å². The van der Waals surface area contributed by atoms with Crippen molar-refractivity contribution in [2.45, 2.75) is 49.1 Å². The predicted molar refractivity (Wildman–Crippen MR) is 111 cm³/mol. The lowest BCUT2D eigenvalue weighted by atomic mass is 10.1. The summed E-state index contributed by atoms with van der Waals surface area (Å²) in [4.78, 5) is 21.8. The summed E-state index contributed by atoms with van der Waals surface area (Å²) < 4.78 is 20.6. The maximum absolute atomic E-state index is 13.7. The molecule has 3 rings (SSSR count). The quantitative estimate of drug-likeness (QED) is 0.494. The molecular formula is C22H24FN3O2S. The number of methoxy groups -OCH3 is 1. The molecule has 0 aliphatic carbocycles. The van der Waals surface area contributed by atoms with Gasteiger partial charge in [0.2, 0.25) is 0 Å². The van der Waals surface area contributed by atoms with Crippen LogP contribution in [0.25, 0.3) is 0 Å². The number of pyridine rings is 1. The molecular weight excluding hydrogens is 389 g/mol. The number of carbonyl (C=O) groups excluding carboxylic acids is 1. The number of hydrogen-bond donors (Lipinski definition) is 0. The number of halogens is 1. The Kier molecular flexibility index (Phi) is 7.04. The monoisotopic (exact) mass is 413 g/mol. The zero-order chi connectivity index (χ0) is 20.8. The zero-order valence-electron chi connectivity index (χ0n) is 16.8. The maximum Gasteiger partial charge on any atom is 0.305 e. The molecule has 0 aliphatic heterocycles. The van der Waals surface area contributed by atoms with Gasteiger partial charge in [0.25, 0.3) is 0 Å². The van der Waals surface area contributed by atoms with Crippen LogP contribution >= 0.6 is 11.8 Å². The highest BCUT2D eigenvalue weighted by atomic mass is 32.2. The topological polar surface area (TPSA) is 57.0 Å². The molecule has 5 nitrogen and oxygen atoms in total. The molecule has 3 aromatic rings. The van der Waals surface area contributed by atoms with Gasteiger partial charge in [0.15, 0.2) is 0 Å². The number of ether oxygens (including phenoxy) is 1. The smallest absolute Gasteiger partial charge is 0.305 e. The molecule has 0 amide bonds. The van der Waals surface area contributed by atoms with Gasteiger partial charge in [-0.05, 0) is 36.2 Å². The summed E-state index contributed by atoms with van der Waals surface area (Å²) in [6.07, 6.45) is 2.46. The molecule has 0 radical (unpaired) electrons. The summed E-state index contributed by atoms with van der Waals surface area (Å²) in [6.45, 7) is 4.68. The Balaban J connectivity index is 2.04. The van der Waals surface area contributed by atoms with E-state index in [1.165, 1.54) is 31.0 Å². The van der Waals surface area contributed by atoms with Crippen LogP contribution in [0.4, 0.5) is 4.39 Å². The minimum Gasteiger partial charge on any atom is -0.469 e. The average Bonchev–Trinajstić information content (AvgIpc) is 3.04. The number of carbonyl (C=O) groups is 1. The van der Waals surface area contributed by atoms with E-state index in [2.05, 4.69) is 23.4 Å². The Labute approximate surface area is 174 Å². The number of esters is 1. The van der Waals surface area contributed by atoms with Crippen LogP contribution in [0.15, 0.2) is 58.6 Å². The van der Waals surface area contributed by atoms with Crippen molar-refractivity contribution < 1.29 is 13.9 Å². The van der Waals surface area contributed by atoms with E-state index in [9.17, 15) is 9.18 Å². The van der Waals surface area contributed by atoms with Crippen LogP contribution in [0.1, 0.15) is 43.4 Å². The highest BCUT2D eigenvalue weighted by molar-refractivity contribution is 7.99. The van der Waals surface area contributed by atoms with Crippen LogP contribution < -0.4 is 0 Å². The Morgan fingerprint density at radius 3 is 2.72 bits per heavy atom. The van der Waals surface area contributed by atoms with Crippen LogP contribution in [0.5, 0.6) is 0 Å². The molecule has 0 fully saturated rings. The third-order valence-corrected chi connectivity index (χ3v) is 5.52. The first-order chi connectivity index (χ1) is 14.0. The van der Waals surface area contributed by atoms with Crippen molar-refractivity contribution in [2.24, 2.45) is 0 Å². The molecule has 29 heavy (non-hydrogen) atoms. The second kappa shape index (κ2) is 9.69. The second-order valence-electron chi connectivity index (χ2n) is 6.92. The fourth-order valence-corrected chi connectivity index (χ4v) is 4.16. The SMILES string of the molecule is COC(=O)CCc1nc(C(C)C)c(Sc2cccc(F)c2)n1Cc1ccccn1. The average molecular weight is 414 g/mol. The van der Waals surface area contributed by atoms with Crippen molar-refractivity contribution >= 4 is 17.7 Å². The van der Waals surface area contributed by atoms with Crippen LogP contribution in [-0.2, 0) is 22.5 Å². The highest BCUT2D eigenvalue weighted by Crippen LogP contribution is 2.35. The summed E-state index contributed by atoms with van der Waals surface area (Å²) >= 11 is 1.48. The molecule has 2 heterocycles. The van der Waals surface area contributed by atoms with Gasteiger partial charge in [-0.3, -0.25) is 9.78 Å². The Hall–Kier alpha value is -2.67. The number of nitrogens with zero attached hydrogens (tertiary/aromatic N) is 3. The molecule has 0 aliphatic rings. The standard InChI is InChI=1S/C22H24FN3O2S/c1-15(2)21-22(29-18-9-6-7-16(23)13-18)26(14-17-8-4-5-12-24-17)19(25-21)10-11-20(27)28-3/h4-9,12-13,15H,10-11,14H2,1-3H3. The fraction of sp³-hybridized carbons (Fsp3) is 0.318. The predicted octanol–water partition coefficient (Wildman–Crippen LogP) is 4.85. The first-order valence-electron chi connectivity index (χ1n) is 9.47. The summed E-state index contributed by atoms with van der Waals surface area (Å²) in [7, 11) is 1.38. The van der Waals surface area contributed by atoms with Gasteiger partial charge in [0.05, 0.1) is 31.5 Å². The Morgan fingerprint density at radius 1 is 1.24 bits per heavy atom. The first-order valence-corrected chi connectivity index (χ1v) is 10.3. The van der Waals surface area contributed by atoms with Gasteiger partial charge >= 0.3 is 5.97 Å². The molecule has 0 unspecified atom stereocenters. The largest absolute Gasteiger partial charge is 0.469 e. The molecule has 0 spiro atoms. The maximum atomic E-state index is 13.7. The molecule has 152 valence electrons. The van der Waals surface area contributed by atoms with Gasteiger partial charge in [-0.2, -0.15) is 0 Å². The Morgan fingerprint density at radius 2 is 2.07 bits per heavy atom. The number of aryl methyl sites for hydroxylation is 1. The molecule has 0 N–H and O–H groups in total. The van der Waals surface area contributed by atoms with Gasteiger partial charge in [-0.15, -0.1) is 0 Å². The minimum atomic E-state index is -0.275. The van der Waals surface area contributed by atoms with Gasteiger partial charge < -0.3 is 9.30 Å². The third-order valence-electron chi connectivity index (χ3n) is 4.41. The van der Waals surface area contributed by atoms with Crippen molar-refractivity contribution in [3.05, 3.63) is 71.7 Å². The van der Waals surface area contributed by atoms with Gasteiger partial charge in [0.1, 0.15) is 16.7 Å². The number of aromatic nitrogens is 3. The highest BCUT2D eigenvalue weighted by Gasteiger charge is 2.21. The first kappa shape index (κ1) is 21.0. The van der Waals surface area contributed by atoms with E-state index in [0.29, 0.717) is 13.0 Å². The third kappa shape index (κ3) is 5.44. The van der Waals surface area contributed by atoms with Crippen LogP contribution in [0.2, 0.25) is 0 Å². The number of rotatable bonds is 8. The van der Waals surface area contributed by atoms with E-state index in [1.54, 1.807) is 12.3 Å². The summed E-state index contributed by atoms with van der Waals surface area (Å²) in [6, 6.07) is 12.3. The summed E-state index contributed by atoms with van der Waals surface area (Å²) in [5.74, 6) is 0.419. The molecule has 0 bridgehead atoms. The minimum absolute atomic E-state index is 0.174. The number of benzene rings is 1. The van der Waals surface area contributed by atoms with Crippen LogP contribution in [-0.4, -0.2) is 27.6 Å². The number of hydrogen-bond acceptors (Lipinski definition) is 5. The lowest BCUT2D eigenvalue weighted by molar-refractivity contribution is -0.140. The second-order valence-corrected chi connectivity index (χ2v) is 7.98. The Bertz CT molecular complexity index is 973. The fourth-order valence-electron chi connectivity index (χ4n) is 2.95. The molecule has 0 saturated heterocycles. The lowest BCUT2D eigenvalue weighted by Crippen LogP contribution is -2.10. The van der Waals surface area contributed by atoms with Crippen molar-refractivity contribution in [1.82, 2.24) is 14.5 Å².